The number of aliphatic carboxylic acids is 1. The number of hydrogen-bond donors (Lipinski definition) is 1. The maximum absolute atomic E-state index is 13.2. The lowest BCUT2D eigenvalue weighted by molar-refractivity contribution is -0.138. The summed E-state index contributed by atoms with van der Waals surface area (Å²) in [5.74, 6) is -0.965. The van der Waals surface area contributed by atoms with Crippen molar-refractivity contribution < 1.29 is 24.2 Å². The smallest absolute Gasteiger partial charge is 0.323 e. The summed E-state index contributed by atoms with van der Waals surface area (Å²) in [4.78, 5) is 39.9. The standard InChI is InChI=1S/C23H23Br2NO5/c1-2-31-23-13(9-12(24)10-14(23)25)20-21-15(5-3-7-17(21)27)26(11-19(29)30)16-6-4-8-18(28)22(16)20/h9-10,20H,2-8,11H2,1H3,(H,29,30). The number of benzene rings is 1. The molecule has 1 aliphatic heterocycles. The SMILES string of the molecule is CCOc1c(Br)cc(Br)cc1C1C2=C(CCCC2=O)N(CC(=O)O)C2=C1C(=O)CCC2. The molecular weight excluding hydrogens is 530 g/mol. The van der Waals surface area contributed by atoms with Crippen LogP contribution in [0, 0.1) is 0 Å². The third-order valence-corrected chi connectivity index (χ3v) is 7.06. The fourth-order valence-electron chi connectivity index (χ4n) is 4.94. The van der Waals surface area contributed by atoms with Crippen molar-refractivity contribution in [2.75, 3.05) is 13.2 Å². The lowest BCUT2D eigenvalue weighted by Gasteiger charge is -2.43. The fraction of sp³-hybridized carbons (Fsp3) is 0.435. The van der Waals surface area contributed by atoms with Gasteiger partial charge in [0.05, 0.1) is 11.1 Å². The monoisotopic (exact) mass is 551 g/mol. The first-order valence-electron chi connectivity index (χ1n) is 10.5. The Kier molecular flexibility index (Phi) is 6.40. The van der Waals surface area contributed by atoms with E-state index in [0.29, 0.717) is 62.0 Å². The number of carbonyl (C=O) groups excluding carboxylic acids is 2. The third-order valence-electron chi connectivity index (χ3n) is 6.02. The van der Waals surface area contributed by atoms with E-state index < -0.39 is 11.9 Å². The Labute approximate surface area is 197 Å². The summed E-state index contributed by atoms with van der Waals surface area (Å²) < 4.78 is 7.50. The molecule has 1 aromatic rings. The van der Waals surface area contributed by atoms with Gasteiger partial charge >= 0.3 is 5.97 Å². The molecular formula is C23H23Br2NO5. The average Bonchev–Trinajstić information content (AvgIpc) is 2.70. The lowest BCUT2D eigenvalue weighted by atomic mass is 9.70. The second kappa shape index (κ2) is 8.90. The molecule has 3 aliphatic rings. The molecule has 0 saturated carbocycles. The summed E-state index contributed by atoms with van der Waals surface area (Å²) in [6.07, 6.45) is 3.39. The summed E-state index contributed by atoms with van der Waals surface area (Å²) in [5, 5.41) is 9.56. The summed E-state index contributed by atoms with van der Waals surface area (Å²) in [6.45, 7) is 2.08. The van der Waals surface area contributed by atoms with Crippen LogP contribution in [0.5, 0.6) is 5.75 Å². The van der Waals surface area contributed by atoms with Gasteiger partial charge in [-0.2, -0.15) is 0 Å². The predicted octanol–water partition coefficient (Wildman–Crippen LogP) is 5.11. The zero-order chi connectivity index (χ0) is 22.3. The molecule has 0 atom stereocenters. The maximum Gasteiger partial charge on any atom is 0.323 e. The molecule has 0 fully saturated rings. The molecule has 4 rings (SSSR count). The van der Waals surface area contributed by atoms with Gasteiger partial charge in [0.1, 0.15) is 12.3 Å². The zero-order valence-electron chi connectivity index (χ0n) is 17.2. The van der Waals surface area contributed by atoms with Gasteiger partial charge in [0.2, 0.25) is 0 Å². The first-order valence-corrected chi connectivity index (χ1v) is 12.1. The van der Waals surface area contributed by atoms with Crippen molar-refractivity contribution >= 4 is 49.4 Å². The first-order chi connectivity index (χ1) is 14.8. The Balaban J connectivity index is 2.02. The van der Waals surface area contributed by atoms with Crippen LogP contribution in [0.25, 0.3) is 0 Å². The van der Waals surface area contributed by atoms with Crippen LogP contribution in [0.1, 0.15) is 56.9 Å². The highest BCUT2D eigenvalue weighted by Crippen LogP contribution is 2.52. The number of allylic oxidation sites excluding steroid dienone is 4. The van der Waals surface area contributed by atoms with E-state index in [0.717, 1.165) is 25.9 Å². The fourth-order valence-corrected chi connectivity index (χ4v) is 6.32. The van der Waals surface area contributed by atoms with E-state index in [1.54, 1.807) is 4.90 Å². The number of Topliss-reactive ketones (excluding diaryl/α,β-unsaturated/α-hetero) is 2. The second-order valence-electron chi connectivity index (χ2n) is 7.93. The quantitative estimate of drug-likeness (QED) is 0.546. The molecule has 0 saturated heterocycles. The highest BCUT2D eigenvalue weighted by Gasteiger charge is 2.44. The van der Waals surface area contributed by atoms with Crippen molar-refractivity contribution in [2.24, 2.45) is 0 Å². The van der Waals surface area contributed by atoms with Crippen molar-refractivity contribution in [1.82, 2.24) is 4.90 Å². The van der Waals surface area contributed by atoms with Gasteiger partial charge in [-0.05, 0) is 60.7 Å². The topological polar surface area (TPSA) is 83.9 Å². The van der Waals surface area contributed by atoms with Crippen LogP contribution in [0.2, 0.25) is 0 Å². The summed E-state index contributed by atoms with van der Waals surface area (Å²) >= 11 is 7.11. The molecule has 2 aliphatic carbocycles. The molecule has 1 heterocycles. The molecule has 164 valence electrons. The molecule has 1 N–H and O–H groups in total. The second-order valence-corrected chi connectivity index (χ2v) is 9.70. The van der Waals surface area contributed by atoms with Crippen LogP contribution < -0.4 is 4.74 Å². The number of hydrogen-bond acceptors (Lipinski definition) is 5. The number of halogens is 2. The summed E-state index contributed by atoms with van der Waals surface area (Å²) in [6, 6.07) is 3.79. The number of carbonyl (C=O) groups is 3. The molecule has 0 spiro atoms. The molecule has 8 heteroatoms. The Morgan fingerprint density at radius 2 is 1.65 bits per heavy atom. The zero-order valence-corrected chi connectivity index (χ0v) is 20.3. The van der Waals surface area contributed by atoms with Crippen LogP contribution in [-0.2, 0) is 14.4 Å². The minimum Gasteiger partial charge on any atom is -0.492 e. The molecule has 31 heavy (non-hydrogen) atoms. The highest BCUT2D eigenvalue weighted by molar-refractivity contribution is 9.11. The number of rotatable bonds is 5. The molecule has 0 aromatic heterocycles. The summed E-state index contributed by atoms with van der Waals surface area (Å²) in [7, 11) is 0. The van der Waals surface area contributed by atoms with E-state index in [2.05, 4.69) is 31.9 Å². The van der Waals surface area contributed by atoms with Crippen molar-refractivity contribution in [3.8, 4) is 5.75 Å². The molecule has 0 amide bonds. The van der Waals surface area contributed by atoms with Crippen molar-refractivity contribution in [3.63, 3.8) is 0 Å². The molecule has 0 unspecified atom stereocenters. The Morgan fingerprint density at radius 1 is 1.06 bits per heavy atom. The van der Waals surface area contributed by atoms with E-state index in [4.69, 9.17) is 4.74 Å². The van der Waals surface area contributed by atoms with Gasteiger partial charge in [-0.15, -0.1) is 0 Å². The molecule has 6 nitrogen and oxygen atoms in total. The minimum atomic E-state index is -0.978. The van der Waals surface area contributed by atoms with Gasteiger partial charge in [0, 0.05) is 51.3 Å². The number of carboxylic acid groups (broad SMARTS) is 1. The number of ketones is 2. The van der Waals surface area contributed by atoms with E-state index >= 15 is 0 Å². The van der Waals surface area contributed by atoms with Crippen molar-refractivity contribution in [3.05, 3.63) is 49.2 Å². The van der Waals surface area contributed by atoms with Gasteiger partial charge in [0.25, 0.3) is 0 Å². The minimum absolute atomic E-state index is 0.0230. The largest absolute Gasteiger partial charge is 0.492 e. The third kappa shape index (κ3) is 4.00. The Morgan fingerprint density at radius 3 is 2.16 bits per heavy atom. The van der Waals surface area contributed by atoms with Crippen molar-refractivity contribution in [2.45, 2.75) is 51.4 Å². The van der Waals surface area contributed by atoms with Crippen molar-refractivity contribution in [1.29, 1.82) is 0 Å². The van der Waals surface area contributed by atoms with E-state index in [1.165, 1.54) is 0 Å². The number of ether oxygens (including phenoxy) is 1. The lowest BCUT2D eigenvalue weighted by Crippen LogP contribution is -2.41. The van der Waals surface area contributed by atoms with Gasteiger partial charge in [0.15, 0.2) is 11.6 Å². The predicted molar refractivity (Wildman–Crippen MR) is 122 cm³/mol. The Bertz CT molecular complexity index is 999. The van der Waals surface area contributed by atoms with E-state index in [-0.39, 0.29) is 18.1 Å². The number of nitrogens with zero attached hydrogens (tertiary/aromatic N) is 1. The first kappa shape index (κ1) is 22.3. The van der Waals surface area contributed by atoms with Gasteiger partial charge in [-0.1, -0.05) is 15.9 Å². The van der Waals surface area contributed by atoms with E-state index in [1.807, 2.05) is 19.1 Å². The van der Waals surface area contributed by atoms with Crippen LogP contribution in [0.15, 0.2) is 43.6 Å². The van der Waals surface area contributed by atoms with Crippen LogP contribution >= 0.6 is 31.9 Å². The van der Waals surface area contributed by atoms with Crippen LogP contribution in [-0.4, -0.2) is 40.7 Å². The van der Waals surface area contributed by atoms with Crippen LogP contribution in [0.4, 0.5) is 0 Å². The van der Waals surface area contributed by atoms with Gasteiger partial charge in [-0.25, -0.2) is 0 Å². The summed E-state index contributed by atoms with van der Waals surface area (Å²) in [5.41, 5.74) is 3.34. The maximum atomic E-state index is 13.2. The highest BCUT2D eigenvalue weighted by atomic mass is 79.9. The average molecular weight is 553 g/mol. The van der Waals surface area contributed by atoms with Gasteiger partial charge < -0.3 is 14.7 Å². The number of carboxylic acids is 1. The molecule has 0 bridgehead atoms. The van der Waals surface area contributed by atoms with Gasteiger partial charge in [-0.3, -0.25) is 14.4 Å². The Hall–Kier alpha value is -1.93. The van der Waals surface area contributed by atoms with E-state index in [9.17, 15) is 19.5 Å². The molecule has 0 radical (unpaired) electrons. The van der Waals surface area contributed by atoms with Crippen LogP contribution in [0.3, 0.4) is 0 Å². The normalized spacial score (nSPS) is 19.5. The molecule has 1 aromatic carbocycles.